The van der Waals surface area contributed by atoms with Gasteiger partial charge < -0.3 is 9.80 Å². The van der Waals surface area contributed by atoms with E-state index < -0.39 is 11.7 Å². The monoisotopic (exact) mass is 363 g/mol. The van der Waals surface area contributed by atoms with Crippen LogP contribution in [0, 0.1) is 0 Å². The summed E-state index contributed by atoms with van der Waals surface area (Å²) in [7, 11) is 6.82. The molecule has 0 N–H and O–H groups in total. The predicted molar refractivity (Wildman–Crippen MR) is 96.2 cm³/mol. The SMILES string of the molecule is CN(C)C=CC(=O)c1cccc(-c2cc(C(F)(F)F)cc(N(C)C)n2)c1. The molecule has 2 aromatic rings. The van der Waals surface area contributed by atoms with Crippen LogP contribution in [0.5, 0.6) is 0 Å². The van der Waals surface area contributed by atoms with Gasteiger partial charge in [0.1, 0.15) is 5.82 Å². The highest BCUT2D eigenvalue weighted by Crippen LogP contribution is 2.34. The second-order valence-corrected chi connectivity index (χ2v) is 6.22. The maximum absolute atomic E-state index is 13.2. The van der Waals surface area contributed by atoms with Gasteiger partial charge in [-0.3, -0.25) is 4.79 Å². The Hall–Kier alpha value is -2.83. The Morgan fingerprint density at radius 1 is 1.08 bits per heavy atom. The normalized spacial score (nSPS) is 11.7. The van der Waals surface area contributed by atoms with Crippen LogP contribution in [0.25, 0.3) is 11.3 Å². The van der Waals surface area contributed by atoms with Gasteiger partial charge in [0.05, 0.1) is 11.3 Å². The van der Waals surface area contributed by atoms with Crippen LogP contribution in [0.3, 0.4) is 0 Å². The second kappa shape index (κ2) is 7.59. The summed E-state index contributed by atoms with van der Waals surface area (Å²) in [6.45, 7) is 0. The van der Waals surface area contributed by atoms with Crippen LogP contribution in [0.2, 0.25) is 0 Å². The molecule has 138 valence electrons. The molecule has 4 nitrogen and oxygen atoms in total. The first kappa shape index (κ1) is 19.5. The van der Waals surface area contributed by atoms with E-state index in [2.05, 4.69) is 4.98 Å². The Balaban J connectivity index is 2.50. The van der Waals surface area contributed by atoms with Crippen LogP contribution in [0.15, 0.2) is 48.7 Å². The highest BCUT2D eigenvalue weighted by molar-refractivity contribution is 6.05. The van der Waals surface area contributed by atoms with Crippen molar-refractivity contribution in [3.05, 3.63) is 59.8 Å². The molecule has 0 radical (unpaired) electrons. The first-order chi connectivity index (χ1) is 12.1. The van der Waals surface area contributed by atoms with Crippen LogP contribution in [0.4, 0.5) is 19.0 Å². The highest BCUT2D eigenvalue weighted by Gasteiger charge is 2.32. The number of pyridine rings is 1. The lowest BCUT2D eigenvalue weighted by molar-refractivity contribution is -0.137. The molecule has 7 heteroatoms. The molecule has 0 saturated heterocycles. The number of benzene rings is 1. The number of allylic oxidation sites excluding steroid dienone is 1. The van der Waals surface area contributed by atoms with Crippen molar-refractivity contribution in [3.63, 3.8) is 0 Å². The fourth-order valence-corrected chi connectivity index (χ4v) is 2.20. The summed E-state index contributed by atoms with van der Waals surface area (Å²) in [6, 6.07) is 8.42. The van der Waals surface area contributed by atoms with Gasteiger partial charge in [0, 0.05) is 51.6 Å². The number of nitrogens with zero attached hydrogens (tertiary/aromatic N) is 3. The summed E-state index contributed by atoms with van der Waals surface area (Å²) >= 11 is 0. The summed E-state index contributed by atoms with van der Waals surface area (Å²) < 4.78 is 39.6. The molecule has 0 atom stereocenters. The van der Waals surface area contributed by atoms with Crippen LogP contribution >= 0.6 is 0 Å². The molecule has 1 aromatic carbocycles. The van der Waals surface area contributed by atoms with Crippen LogP contribution in [-0.4, -0.2) is 43.9 Å². The Labute approximate surface area is 150 Å². The Bertz CT molecular complexity index is 827. The molecule has 1 aromatic heterocycles. The summed E-state index contributed by atoms with van der Waals surface area (Å²) in [5.41, 5.74) is 0.208. The number of aromatic nitrogens is 1. The zero-order valence-corrected chi connectivity index (χ0v) is 15.0. The fraction of sp³-hybridized carbons (Fsp3) is 0.263. The number of anilines is 1. The first-order valence-corrected chi connectivity index (χ1v) is 7.84. The molecule has 0 bridgehead atoms. The molecular formula is C19H20F3N3O. The summed E-state index contributed by atoms with van der Waals surface area (Å²) in [5, 5.41) is 0. The molecule has 0 saturated carbocycles. The lowest BCUT2D eigenvalue weighted by atomic mass is 10.0. The number of halogens is 3. The lowest BCUT2D eigenvalue weighted by Crippen LogP contribution is -2.14. The van der Waals surface area contributed by atoms with E-state index >= 15 is 0 Å². The number of hydrogen-bond donors (Lipinski definition) is 0. The van der Waals surface area contributed by atoms with E-state index in [4.69, 9.17) is 0 Å². The van der Waals surface area contributed by atoms with Crippen LogP contribution < -0.4 is 4.90 Å². The molecule has 0 fully saturated rings. The summed E-state index contributed by atoms with van der Waals surface area (Å²) in [4.78, 5) is 19.7. The van der Waals surface area contributed by atoms with Crippen molar-refractivity contribution in [1.82, 2.24) is 9.88 Å². The van der Waals surface area contributed by atoms with E-state index in [0.29, 0.717) is 11.1 Å². The van der Waals surface area contributed by atoms with Crippen LogP contribution in [0.1, 0.15) is 15.9 Å². The minimum atomic E-state index is -4.48. The minimum Gasteiger partial charge on any atom is -0.383 e. The summed E-state index contributed by atoms with van der Waals surface area (Å²) in [5.74, 6) is -0.0422. The topological polar surface area (TPSA) is 36.4 Å². The van der Waals surface area contributed by atoms with Crippen LogP contribution in [-0.2, 0) is 6.18 Å². The average Bonchev–Trinajstić information content (AvgIpc) is 2.58. The highest BCUT2D eigenvalue weighted by atomic mass is 19.4. The van der Waals surface area contributed by atoms with Crippen molar-refractivity contribution >= 4 is 11.6 Å². The largest absolute Gasteiger partial charge is 0.416 e. The fourth-order valence-electron chi connectivity index (χ4n) is 2.20. The van der Waals surface area contributed by atoms with E-state index in [0.717, 1.165) is 12.1 Å². The molecule has 1 heterocycles. The van der Waals surface area contributed by atoms with Gasteiger partial charge in [-0.1, -0.05) is 18.2 Å². The van der Waals surface area contributed by atoms with E-state index in [-0.39, 0.29) is 17.3 Å². The smallest absolute Gasteiger partial charge is 0.383 e. The van der Waals surface area contributed by atoms with Gasteiger partial charge in [-0.05, 0) is 18.2 Å². The molecular weight excluding hydrogens is 343 g/mol. The van der Waals surface area contributed by atoms with Crippen molar-refractivity contribution in [1.29, 1.82) is 0 Å². The van der Waals surface area contributed by atoms with Gasteiger partial charge >= 0.3 is 6.18 Å². The third-order valence-electron chi connectivity index (χ3n) is 3.56. The number of ketones is 1. The van der Waals surface area contributed by atoms with E-state index in [1.54, 1.807) is 63.6 Å². The summed E-state index contributed by atoms with van der Waals surface area (Å²) in [6.07, 6.45) is -1.46. The third-order valence-corrected chi connectivity index (χ3v) is 3.56. The molecule has 0 unspecified atom stereocenters. The predicted octanol–water partition coefficient (Wildman–Crippen LogP) is 4.09. The standard InChI is InChI=1S/C19H20F3N3O/c1-24(2)9-8-17(26)14-7-5-6-13(10-14)16-11-15(19(20,21)22)12-18(23-16)25(3)4/h5-12H,1-4H3. The number of hydrogen-bond acceptors (Lipinski definition) is 4. The van der Waals surface area contributed by atoms with Gasteiger partial charge in [-0.2, -0.15) is 13.2 Å². The van der Waals surface area contributed by atoms with Gasteiger partial charge in [0.15, 0.2) is 5.78 Å². The van der Waals surface area contributed by atoms with Gasteiger partial charge in [-0.15, -0.1) is 0 Å². The molecule has 0 aliphatic heterocycles. The molecule has 26 heavy (non-hydrogen) atoms. The lowest BCUT2D eigenvalue weighted by Gasteiger charge is -2.16. The first-order valence-electron chi connectivity index (χ1n) is 7.84. The van der Waals surface area contributed by atoms with Crippen molar-refractivity contribution in [2.45, 2.75) is 6.18 Å². The molecule has 0 aliphatic rings. The zero-order valence-electron chi connectivity index (χ0n) is 15.0. The van der Waals surface area contributed by atoms with E-state index in [1.165, 1.54) is 11.0 Å². The average molecular weight is 363 g/mol. The number of carbonyl (C=O) groups is 1. The number of carbonyl (C=O) groups excluding carboxylic acids is 1. The quantitative estimate of drug-likeness (QED) is 0.592. The zero-order chi connectivity index (χ0) is 19.5. The molecule has 0 aliphatic carbocycles. The van der Waals surface area contributed by atoms with E-state index in [1.807, 2.05) is 0 Å². The Kier molecular flexibility index (Phi) is 5.69. The second-order valence-electron chi connectivity index (χ2n) is 6.22. The maximum atomic E-state index is 13.2. The maximum Gasteiger partial charge on any atom is 0.416 e. The molecule has 0 amide bonds. The molecule has 0 spiro atoms. The minimum absolute atomic E-state index is 0.162. The number of alkyl halides is 3. The van der Waals surface area contributed by atoms with Crippen molar-refractivity contribution in [2.75, 3.05) is 33.1 Å². The van der Waals surface area contributed by atoms with Crippen molar-refractivity contribution in [3.8, 4) is 11.3 Å². The molecule has 2 rings (SSSR count). The van der Waals surface area contributed by atoms with Gasteiger partial charge in [0.25, 0.3) is 0 Å². The van der Waals surface area contributed by atoms with Gasteiger partial charge in [-0.25, -0.2) is 4.98 Å². The third kappa shape index (κ3) is 4.84. The van der Waals surface area contributed by atoms with Gasteiger partial charge in [0.2, 0.25) is 0 Å². The number of rotatable bonds is 5. The Morgan fingerprint density at radius 3 is 2.35 bits per heavy atom. The Morgan fingerprint density at radius 2 is 1.77 bits per heavy atom. The van der Waals surface area contributed by atoms with Crippen molar-refractivity contribution in [2.24, 2.45) is 0 Å². The van der Waals surface area contributed by atoms with E-state index in [9.17, 15) is 18.0 Å². The van der Waals surface area contributed by atoms with Crippen molar-refractivity contribution < 1.29 is 18.0 Å².